The standard InChI is InChI=1S/C11H12N2O2/c1-3-15-11(14)9-7(2)8-5-4-6-12-10(8)13-9/h4-6H,3H2,1-2H3,(H,12,13). The van der Waals surface area contributed by atoms with Crippen LogP contribution in [0.15, 0.2) is 18.3 Å². The number of esters is 1. The van der Waals surface area contributed by atoms with Crippen molar-refractivity contribution in [2.45, 2.75) is 13.8 Å². The SMILES string of the molecule is CCOC(=O)c1[nH]c2ncccc2c1C. The minimum Gasteiger partial charge on any atom is -0.461 e. The number of aromatic amines is 1. The highest BCUT2D eigenvalue weighted by Gasteiger charge is 2.15. The molecule has 0 atom stereocenters. The minimum absolute atomic E-state index is 0.326. The number of aromatic nitrogens is 2. The second kappa shape index (κ2) is 3.73. The summed E-state index contributed by atoms with van der Waals surface area (Å²) in [6.07, 6.45) is 1.69. The lowest BCUT2D eigenvalue weighted by molar-refractivity contribution is 0.0519. The van der Waals surface area contributed by atoms with E-state index >= 15 is 0 Å². The zero-order valence-corrected chi connectivity index (χ0v) is 8.70. The van der Waals surface area contributed by atoms with Gasteiger partial charge in [-0.05, 0) is 31.5 Å². The quantitative estimate of drug-likeness (QED) is 0.761. The minimum atomic E-state index is -0.326. The van der Waals surface area contributed by atoms with E-state index in [4.69, 9.17) is 4.74 Å². The van der Waals surface area contributed by atoms with E-state index in [2.05, 4.69) is 9.97 Å². The van der Waals surface area contributed by atoms with Gasteiger partial charge in [0.05, 0.1) is 6.61 Å². The Morgan fingerprint density at radius 3 is 3.07 bits per heavy atom. The molecule has 0 unspecified atom stereocenters. The smallest absolute Gasteiger partial charge is 0.355 e. The van der Waals surface area contributed by atoms with Crippen LogP contribution in [-0.2, 0) is 4.74 Å². The third kappa shape index (κ3) is 1.58. The van der Waals surface area contributed by atoms with Crippen molar-refractivity contribution in [2.75, 3.05) is 6.61 Å². The van der Waals surface area contributed by atoms with Crippen LogP contribution in [0.4, 0.5) is 0 Å². The maximum absolute atomic E-state index is 11.6. The van der Waals surface area contributed by atoms with Gasteiger partial charge in [0, 0.05) is 11.6 Å². The molecule has 2 heterocycles. The topological polar surface area (TPSA) is 55.0 Å². The fourth-order valence-electron chi connectivity index (χ4n) is 1.56. The van der Waals surface area contributed by atoms with Crippen LogP contribution in [0.2, 0.25) is 0 Å². The molecule has 0 bridgehead atoms. The van der Waals surface area contributed by atoms with Crippen LogP contribution in [0, 0.1) is 6.92 Å². The molecule has 0 spiro atoms. The van der Waals surface area contributed by atoms with Crippen molar-refractivity contribution in [1.29, 1.82) is 0 Å². The van der Waals surface area contributed by atoms with E-state index in [1.807, 2.05) is 19.1 Å². The van der Waals surface area contributed by atoms with Gasteiger partial charge in [-0.15, -0.1) is 0 Å². The molecule has 0 amide bonds. The third-order valence-corrected chi connectivity index (χ3v) is 2.31. The highest BCUT2D eigenvalue weighted by molar-refractivity contribution is 5.96. The number of hydrogen-bond donors (Lipinski definition) is 1. The molecule has 1 N–H and O–H groups in total. The summed E-state index contributed by atoms with van der Waals surface area (Å²) in [6.45, 7) is 4.04. The van der Waals surface area contributed by atoms with Gasteiger partial charge in [-0.3, -0.25) is 0 Å². The Labute approximate surface area is 87.3 Å². The Morgan fingerprint density at radius 1 is 1.60 bits per heavy atom. The maximum Gasteiger partial charge on any atom is 0.355 e. The van der Waals surface area contributed by atoms with Crippen LogP contribution >= 0.6 is 0 Å². The van der Waals surface area contributed by atoms with Gasteiger partial charge in [-0.1, -0.05) is 0 Å². The van der Waals surface area contributed by atoms with E-state index in [0.717, 1.165) is 16.6 Å². The number of H-pyrrole nitrogens is 1. The summed E-state index contributed by atoms with van der Waals surface area (Å²) in [5, 5.41) is 0.959. The molecule has 0 radical (unpaired) electrons. The van der Waals surface area contributed by atoms with Gasteiger partial charge in [-0.25, -0.2) is 9.78 Å². The average Bonchev–Trinajstić information content (AvgIpc) is 2.57. The van der Waals surface area contributed by atoms with Crippen molar-refractivity contribution in [2.24, 2.45) is 0 Å². The van der Waals surface area contributed by atoms with Crippen LogP contribution in [0.3, 0.4) is 0 Å². The van der Waals surface area contributed by atoms with Crippen molar-refractivity contribution in [3.63, 3.8) is 0 Å². The Kier molecular flexibility index (Phi) is 2.41. The van der Waals surface area contributed by atoms with E-state index in [-0.39, 0.29) is 5.97 Å². The van der Waals surface area contributed by atoms with E-state index < -0.39 is 0 Å². The van der Waals surface area contributed by atoms with E-state index in [0.29, 0.717) is 12.3 Å². The van der Waals surface area contributed by atoms with Gasteiger partial charge in [0.25, 0.3) is 0 Å². The molecule has 15 heavy (non-hydrogen) atoms. The van der Waals surface area contributed by atoms with Crippen molar-refractivity contribution in [3.05, 3.63) is 29.6 Å². The van der Waals surface area contributed by atoms with E-state index in [1.165, 1.54) is 0 Å². The number of aryl methyl sites for hydroxylation is 1. The number of pyridine rings is 1. The fraction of sp³-hybridized carbons (Fsp3) is 0.273. The number of fused-ring (bicyclic) bond motifs is 1. The fourth-order valence-corrected chi connectivity index (χ4v) is 1.56. The van der Waals surface area contributed by atoms with E-state index in [9.17, 15) is 4.79 Å². The summed E-state index contributed by atoms with van der Waals surface area (Å²) < 4.78 is 4.94. The lowest BCUT2D eigenvalue weighted by Crippen LogP contribution is -2.06. The molecule has 2 rings (SSSR count). The van der Waals surface area contributed by atoms with Crippen molar-refractivity contribution >= 4 is 17.0 Å². The first kappa shape index (κ1) is 9.71. The van der Waals surface area contributed by atoms with Crippen LogP contribution in [0.25, 0.3) is 11.0 Å². The lowest BCUT2D eigenvalue weighted by Gasteiger charge is -1.99. The molecule has 78 valence electrons. The molecule has 0 aliphatic rings. The number of hydrogen-bond acceptors (Lipinski definition) is 3. The number of carbonyl (C=O) groups excluding carboxylic acids is 1. The molecule has 0 aliphatic heterocycles. The molecule has 0 saturated heterocycles. The zero-order valence-electron chi connectivity index (χ0n) is 8.70. The number of rotatable bonds is 2. The Bertz CT molecular complexity index is 502. The third-order valence-electron chi connectivity index (χ3n) is 2.31. The van der Waals surface area contributed by atoms with Gasteiger partial charge in [0.1, 0.15) is 11.3 Å². The number of nitrogens with zero attached hydrogens (tertiary/aromatic N) is 1. The first-order chi connectivity index (χ1) is 7.24. The predicted octanol–water partition coefficient (Wildman–Crippen LogP) is 2.05. The van der Waals surface area contributed by atoms with Crippen LogP contribution in [0.5, 0.6) is 0 Å². The second-order valence-corrected chi connectivity index (χ2v) is 3.25. The maximum atomic E-state index is 11.6. The van der Waals surface area contributed by atoms with Crippen LogP contribution < -0.4 is 0 Å². The molecule has 0 aromatic carbocycles. The highest BCUT2D eigenvalue weighted by Crippen LogP contribution is 2.19. The summed E-state index contributed by atoms with van der Waals surface area (Å²) in [7, 11) is 0. The average molecular weight is 204 g/mol. The highest BCUT2D eigenvalue weighted by atomic mass is 16.5. The Hall–Kier alpha value is -1.84. The largest absolute Gasteiger partial charge is 0.461 e. The Balaban J connectivity index is 2.53. The van der Waals surface area contributed by atoms with Gasteiger partial charge in [0.15, 0.2) is 0 Å². The molecular weight excluding hydrogens is 192 g/mol. The Morgan fingerprint density at radius 2 is 2.40 bits per heavy atom. The molecule has 0 fully saturated rings. The van der Waals surface area contributed by atoms with E-state index in [1.54, 1.807) is 13.1 Å². The van der Waals surface area contributed by atoms with Gasteiger partial charge in [-0.2, -0.15) is 0 Å². The van der Waals surface area contributed by atoms with Crippen molar-refractivity contribution in [3.8, 4) is 0 Å². The molecule has 0 saturated carbocycles. The zero-order chi connectivity index (χ0) is 10.8. The summed E-state index contributed by atoms with van der Waals surface area (Å²) in [5.41, 5.74) is 2.10. The molecule has 0 aliphatic carbocycles. The number of carbonyl (C=O) groups is 1. The number of ether oxygens (including phenoxy) is 1. The molecular formula is C11H12N2O2. The summed E-state index contributed by atoms with van der Waals surface area (Å²) in [5.74, 6) is -0.326. The molecule has 4 nitrogen and oxygen atoms in total. The molecule has 2 aromatic rings. The summed E-state index contributed by atoms with van der Waals surface area (Å²) >= 11 is 0. The second-order valence-electron chi connectivity index (χ2n) is 3.25. The summed E-state index contributed by atoms with van der Waals surface area (Å²) in [6, 6.07) is 3.77. The monoisotopic (exact) mass is 204 g/mol. The van der Waals surface area contributed by atoms with Crippen molar-refractivity contribution < 1.29 is 9.53 Å². The number of nitrogens with one attached hydrogen (secondary N) is 1. The van der Waals surface area contributed by atoms with Gasteiger partial charge >= 0.3 is 5.97 Å². The first-order valence-electron chi connectivity index (χ1n) is 4.84. The predicted molar refractivity (Wildman–Crippen MR) is 56.8 cm³/mol. The van der Waals surface area contributed by atoms with Crippen LogP contribution in [0.1, 0.15) is 23.0 Å². The first-order valence-corrected chi connectivity index (χ1v) is 4.84. The van der Waals surface area contributed by atoms with Crippen molar-refractivity contribution in [1.82, 2.24) is 9.97 Å². The van der Waals surface area contributed by atoms with Crippen LogP contribution in [-0.4, -0.2) is 22.5 Å². The molecule has 4 heteroatoms. The normalized spacial score (nSPS) is 10.5. The summed E-state index contributed by atoms with van der Waals surface area (Å²) in [4.78, 5) is 18.7. The lowest BCUT2D eigenvalue weighted by atomic mass is 10.2. The molecule has 2 aromatic heterocycles. The van der Waals surface area contributed by atoms with Gasteiger partial charge in [0.2, 0.25) is 0 Å². The van der Waals surface area contributed by atoms with Gasteiger partial charge < -0.3 is 9.72 Å².